The molecule has 3 N–H and O–H groups in total. The maximum Gasteiger partial charge on any atom is 0.407 e. The van der Waals surface area contributed by atoms with Gasteiger partial charge in [0, 0.05) is 28.7 Å². The summed E-state index contributed by atoms with van der Waals surface area (Å²) >= 11 is 1.61. The number of thiazole rings is 1. The van der Waals surface area contributed by atoms with Gasteiger partial charge in [0.1, 0.15) is 0 Å². The summed E-state index contributed by atoms with van der Waals surface area (Å²) in [5.41, 5.74) is 0.240. The van der Waals surface area contributed by atoms with Gasteiger partial charge in [-0.1, -0.05) is 6.08 Å². The van der Waals surface area contributed by atoms with Crippen LogP contribution in [0.4, 0.5) is 4.79 Å². The molecule has 1 aromatic rings. The van der Waals surface area contributed by atoms with Crippen molar-refractivity contribution in [2.45, 2.75) is 101 Å². The van der Waals surface area contributed by atoms with Gasteiger partial charge in [0.15, 0.2) is 0 Å². The summed E-state index contributed by atoms with van der Waals surface area (Å²) in [5.74, 6) is 0.0506. The normalized spacial score (nSPS) is 25.7. The van der Waals surface area contributed by atoms with Crippen molar-refractivity contribution in [2.24, 2.45) is 4.99 Å². The first-order chi connectivity index (χ1) is 17.4. The van der Waals surface area contributed by atoms with Gasteiger partial charge >= 0.3 is 6.09 Å². The predicted molar refractivity (Wildman–Crippen MR) is 146 cm³/mol. The Morgan fingerprint density at radius 3 is 2.57 bits per heavy atom. The van der Waals surface area contributed by atoms with Crippen LogP contribution in [0.15, 0.2) is 35.1 Å². The molecule has 37 heavy (non-hydrogen) atoms. The first-order valence-electron chi connectivity index (χ1n) is 13.0. The minimum Gasteiger partial charge on any atom is -0.447 e. The van der Waals surface area contributed by atoms with Crippen molar-refractivity contribution in [3.05, 3.63) is 40.0 Å². The van der Waals surface area contributed by atoms with E-state index in [-0.39, 0.29) is 36.0 Å². The van der Waals surface area contributed by atoms with Crippen LogP contribution in [0, 0.1) is 0 Å². The summed E-state index contributed by atoms with van der Waals surface area (Å²) < 4.78 is 33.6. The molecular formula is C26H38N4O5S2. The second kappa shape index (κ2) is 11.2. The number of nitrogens with zero attached hydrogens (tertiary/aromatic N) is 2. The van der Waals surface area contributed by atoms with Crippen LogP contribution in [0.1, 0.15) is 87.9 Å². The van der Waals surface area contributed by atoms with Crippen LogP contribution in [-0.4, -0.2) is 59.9 Å². The predicted octanol–water partition coefficient (Wildman–Crippen LogP) is 4.13. The summed E-state index contributed by atoms with van der Waals surface area (Å²) in [6.07, 6.45) is 11.9. The van der Waals surface area contributed by atoms with Crippen LogP contribution in [0.25, 0.3) is 0 Å². The molecule has 1 amide bonds. The standard InChI is InChI=1S/C26H38N4O5S2/c1-16(2)35-25(31)29-18-7-5-17(6-8-18)24-27-14-23(36-24)21-12-9-19(28-15-26(3,4)32)13-22(21)30-37(33,34)20-10-11-20/h9,12-14,16-18,20-21,30,32H,5-8,10-11,15H2,1-4H3,(H,29,31). The van der Waals surface area contributed by atoms with E-state index in [0.717, 1.165) is 35.6 Å². The van der Waals surface area contributed by atoms with Crippen molar-refractivity contribution < 1.29 is 23.1 Å². The molecule has 3 aliphatic carbocycles. The van der Waals surface area contributed by atoms with E-state index in [0.29, 0.717) is 30.2 Å². The Balaban J connectivity index is 1.45. The van der Waals surface area contributed by atoms with Gasteiger partial charge in [-0.15, -0.1) is 11.3 Å². The topological polar surface area (TPSA) is 130 Å². The lowest BCUT2D eigenvalue weighted by atomic mass is 9.86. The smallest absolute Gasteiger partial charge is 0.407 e. The van der Waals surface area contributed by atoms with Gasteiger partial charge in [-0.3, -0.25) is 9.71 Å². The third-order valence-corrected chi connectivity index (χ3v) is 9.67. The van der Waals surface area contributed by atoms with E-state index in [4.69, 9.17) is 9.72 Å². The lowest BCUT2D eigenvalue weighted by Gasteiger charge is -2.28. The average Bonchev–Trinajstić information content (AvgIpc) is 3.56. The Morgan fingerprint density at radius 2 is 1.95 bits per heavy atom. The van der Waals surface area contributed by atoms with Crippen molar-refractivity contribution in [1.29, 1.82) is 0 Å². The number of hydrogen-bond donors (Lipinski definition) is 3. The number of hydrogen-bond acceptors (Lipinski definition) is 8. The number of rotatable bonds is 9. The fourth-order valence-electron chi connectivity index (χ4n) is 4.48. The van der Waals surface area contributed by atoms with Crippen molar-refractivity contribution in [3.63, 3.8) is 0 Å². The maximum absolute atomic E-state index is 12.8. The number of alkyl carbamates (subject to hydrolysis) is 1. The van der Waals surface area contributed by atoms with E-state index in [1.165, 1.54) is 0 Å². The molecule has 1 heterocycles. The molecule has 2 saturated carbocycles. The highest BCUT2D eigenvalue weighted by molar-refractivity contribution is 7.90. The lowest BCUT2D eigenvalue weighted by Crippen LogP contribution is -2.38. The Bertz CT molecular complexity index is 1170. The quantitative estimate of drug-likeness (QED) is 0.424. The first-order valence-corrected chi connectivity index (χ1v) is 15.4. The summed E-state index contributed by atoms with van der Waals surface area (Å²) in [6.45, 7) is 7.25. The van der Waals surface area contributed by atoms with Crippen molar-refractivity contribution >= 4 is 33.2 Å². The molecule has 0 aromatic carbocycles. The average molecular weight is 551 g/mol. The number of ether oxygens (including phenoxy) is 1. The SMILES string of the molecule is CC(C)OC(=O)NC1CCC(c2ncc(C3C=CC(=NCC(C)(C)O)C=C3NS(=O)(=O)C3CC3)s2)CC1. The number of aliphatic hydroxyl groups is 1. The Hall–Kier alpha value is -2.24. The van der Waals surface area contributed by atoms with Gasteiger partial charge in [0.05, 0.1) is 40.1 Å². The number of amides is 1. The maximum atomic E-state index is 12.8. The highest BCUT2D eigenvalue weighted by Gasteiger charge is 2.37. The summed E-state index contributed by atoms with van der Waals surface area (Å²) in [6, 6.07) is 0.108. The molecule has 0 saturated heterocycles. The fraction of sp³-hybridized carbons (Fsp3) is 0.654. The second-order valence-electron chi connectivity index (χ2n) is 11.1. The molecule has 0 radical (unpaired) electrons. The Kier molecular flexibility index (Phi) is 8.45. The van der Waals surface area contributed by atoms with Crippen molar-refractivity contribution in [2.75, 3.05) is 6.54 Å². The zero-order valence-corrected chi connectivity index (χ0v) is 23.6. The molecule has 204 valence electrons. The van der Waals surface area contributed by atoms with Crippen LogP contribution in [0.2, 0.25) is 0 Å². The molecule has 3 aliphatic rings. The molecule has 11 heteroatoms. The molecule has 1 aromatic heterocycles. The van der Waals surface area contributed by atoms with Crippen molar-refractivity contribution in [1.82, 2.24) is 15.0 Å². The van der Waals surface area contributed by atoms with Crippen LogP contribution in [-0.2, 0) is 14.8 Å². The number of aromatic nitrogens is 1. The minimum absolute atomic E-state index is 0.108. The molecule has 4 rings (SSSR count). The van der Waals surface area contributed by atoms with Crippen LogP contribution < -0.4 is 10.0 Å². The minimum atomic E-state index is -3.45. The second-order valence-corrected chi connectivity index (χ2v) is 14.1. The number of allylic oxidation sites excluding steroid dienone is 3. The molecule has 0 spiro atoms. The highest BCUT2D eigenvalue weighted by Crippen LogP contribution is 2.39. The molecule has 0 bridgehead atoms. The molecule has 1 unspecified atom stereocenters. The summed E-state index contributed by atoms with van der Waals surface area (Å²) in [4.78, 5) is 22.1. The lowest BCUT2D eigenvalue weighted by molar-refractivity contribution is 0.0904. The van der Waals surface area contributed by atoms with Crippen LogP contribution in [0.5, 0.6) is 0 Å². The van der Waals surface area contributed by atoms with E-state index in [1.807, 2.05) is 32.2 Å². The van der Waals surface area contributed by atoms with Gasteiger partial charge < -0.3 is 15.2 Å². The van der Waals surface area contributed by atoms with E-state index in [2.05, 4.69) is 15.0 Å². The van der Waals surface area contributed by atoms with E-state index in [9.17, 15) is 18.3 Å². The first kappa shape index (κ1) is 27.8. The molecule has 1 atom stereocenters. The van der Waals surface area contributed by atoms with Gasteiger partial charge in [0.25, 0.3) is 0 Å². The van der Waals surface area contributed by atoms with Gasteiger partial charge in [-0.25, -0.2) is 18.2 Å². The number of carbonyl (C=O) groups excluding carboxylic acids is 1. The number of sulfonamides is 1. The molecular weight excluding hydrogens is 512 g/mol. The monoisotopic (exact) mass is 550 g/mol. The Morgan fingerprint density at radius 1 is 1.24 bits per heavy atom. The summed E-state index contributed by atoms with van der Waals surface area (Å²) in [7, 11) is -3.45. The van der Waals surface area contributed by atoms with Crippen LogP contribution >= 0.6 is 11.3 Å². The largest absolute Gasteiger partial charge is 0.447 e. The van der Waals surface area contributed by atoms with Crippen molar-refractivity contribution in [3.8, 4) is 0 Å². The molecule has 2 fully saturated rings. The van der Waals surface area contributed by atoms with Gasteiger partial charge in [-0.05, 0) is 78.4 Å². The third-order valence-electron chi connectivity index (χ3n) is 6.56. The highest BCUT2D eigenvalue weighted by atomic mass is 32.2. The number of aliphatic imine (C=N–C) groups is 1. The third kappa shape index (κ3) is 7.87. The fourth-order valence-corrected chi connectivity index (χ4v) is 7.10. The Labute approximate surface area is 223 Å². The summed E-state index contributed by atoms with van der Waals surface area (Å²) in [5, 5.41) is 13.7. The van der Waals surface area contributed by atoms with E-state index in [1.54, 1.807) is 31.3 Å². The molecule has 0 aliphatic heterocycles. The van der Waals surface area contributed by atoms with Gasteiger partial charge in [0.2, 0.25) is 10.0 Å². The number of nitrogens with one attached hydrogen (secondary N) is 2. The zero-order valence-electron chi connectivity index (χ0n) is 21.9. The van der Waals surface area contributed by atoms with E-state index < -0.39 is 15.6 Å². The van der Waals surface area contributed by atoms with Gasteiger partial charge in [-0.2, -0.15) is 0 Å². The molecule has 9 nitrogen and oxygen atoms in total. The van der Waals surface area contributed by atoms with Crippen LogP contribution in [0.3, 0.4) is 0 Å². The zero-order chi connectivity index (χ0) is 26.8. The van der Waals surface area contributed by atoms with E-state index >= 15 is 0 Å². The number of carbonyl (C=O) groups is 1.